The van der Waals surface area contributed by atoms with Gasteiger partial charge in [0, 0.05) is 0 Å². The second-order valence-corrected chi connectivity index (χ2v) is 2.30. The highest BCUT2D eigenvalue weighted by atomic mass is 32.1. The van der Waals surface area contributed by atoms with Crippen LogP contribution in [0.15, 0.2) is 30.3 Å². The Morgan fingerprint density at radius 1 is 1.33 bits per heavy atom. The van der Waals surface area contributed by atoms with Crippen molar-refractivity contribution in [3.63, 3.8) is 0 Å². The summed E-state index contributed by atoms with van der Waals surface area (Å²) in [7, 11) is 0. The SMILES string of the molecule is O=C(OCOS)c1ccccc1. The topological polar surface area (TPSA) is 35.5 Å². The van der Waals surface area contributed by atoms with Crippen LogP contribution in [0.5, 0.6) is 0 Å². The van der Waals surface area contributed by atoms with Gasteiger partial charge in [0.15, 0.2) is 0 Å². The van der Waals surface area contributed by atoms with E-state index in [-0.39, 0.29) is 6.79 Å². The van der Waals surface area contributed by atoms with Crippen LogP contribution < -0.4 is 0 Å². The molecule has 12 heavy (non-hydrogen) atoms. The molecule has 0 heterocycles. The molecule has 0 aliphatic rings. The van der Waals surface area contributed by atoms with Gasteiger partial charge in [-0.15, -0.1) is 0 Å². The third-order valence-electron chi connectivity index (χ3n) is 1.25. The van der Waals surface area contributed by atoms with Crippen LogP contribution in [0.1, 0.15) is 10.4 Å². The van der Waals surface area contributed by atoms with E-state index >= 15 is 0 Å². The summed E-state index contributed by atoms with van der Waals surface area (Å²) in [6.07, 6.45) is 0. The Morgan fingerprint density at radius 2 is 2.00 bits per heavy atom. The summed E-state index contributed by atoms with van der Waals surface area (Å²) < 4.78 is 8.93. The molecule has 3 nitrogen and oxygen atoms in total. The van der Waals surface area contributed by atoms with Crippen LogP contribution in [0.4, 0.5) is 0 Å². The summed E-state index contributed by atoms with van der Waals surface area (Å²) in [6, 6.07) is 8.68. The molecule has 0 spiro atoms. The summed E-state index contributed by atoms with van der Waals surface area (Å²) in [5.74, 6) is -0.412. The van der Waals surface area contributed by atoms with E-state index < -0.39 is 5.97 Å². The Bertz CT molecular complexity index is 248. The summed E-state index contributed by atoms with van der Waals surface area (Å²) in [5, 5.41) is 0. The van der Waals surface area contributed by atoms with Crippen LogP contribution in [0.2, 0.25) is 0 Å². The van der Waals surface area contributed by atoms with Crippen molar-refractivity contribution in [1.82, 2.24) is 0 Å². The molecule has 0 amide bonds. The van der Waals surface area contributed by atoms with Crippen LogP contribution in [0.25, 0.3) is 0 Å². The first-order valence-electron chi connectivity index (χ1n) is 3.33. The Labute approximate surface area is 75.9 Å². The van der Waals surface area contributed by atoms with Crippen molar-refractivity contribution in [2.45, 2.75) is 0 Å². The minimum Gasteiger partial charge on any atom is -0.434 e. The molecular formula is C8H8O3S. The largest absolute Gasteiger partial charge is 0.434 e. The molecule has 1 aromatic carbocycles. The molecule has 0 radical (unpaired) electrons. The standard InChI is InChI=1S/C8H8O3S/c9-8(10-6-11-12)7-4-2-1-3-5-7/h1-5,12H,6H2. The predicted octanol–water partition coefficient (Wildman–Crippen LogP) is 1.66. The maximum Gasteiger partial charge on any atom is 0.340 e. The smallest absolute Gasteiger partial charge is 0.340 e. The van der Waals surface area contributed by atoms with E-state index in [0.29, 0.717) is 5.56 Å². The van der Waals surface area contributed by atoms with Crippen LogP contribution in [-0.4, -0.2) is 12.8 Å². The lowest BCUT2D eigenvalue weighted by Gasteiger charge is -2.00. The van der Waals surface area contributed by atoms with Crippen LogP contribution >= 0.6 is 12.9 Å². The van der Waals surface area contributed by atoms with Gasteiger partial charge < -0.3 is 4.74 Å². The third-order valence-corrected chi connectivity index (χ3v) is 1.36. The zero-order chi connectivity index (χ0) is 8.81. The zero-order valence-corrected chi connectivity index (χ0v) is 7.16. The molecule has 0 N–H and O–H groups in total. The van der Waals surface area contributed by atoms with Gasteiger partial charge in [0.25, 0.3) is 0 Å². The first kappa shape index (κ1) is 9.09. The summed E-state index contributed by atoms with van der Waals surface area (Å²) in [4.78, 5) is 11.1. The molecule has 1 rings (SSSR count). The molecule has 0 unspecified atom stereocenters. The number of thiol groups is 1. The number of ether oxygens (including phenoxy) is 1. The fraction of sp³-hybridized carbons (Fsp3) is 0.125. The van der Waals surface area contributed by atoms with Crippen molar-refractivity contribution in [2.24, 2.45) is 0 Å². The van der Waals surface area contributed by atoms with Crippen molar-refractivity contribution >= 4 is 18.9 Å². The number of esters is 1. The Hall–Kier alpha value is -1.00. The van der Waals surface area contributed by atoms with E-state index in [1.54, 1.807) is 24.3 Å². The highest BCUT2D eigenvalue weighted by Crippen LogP contribution is 2.00. The van der Waals surface area contributed by atoms with Gasteiger partial charge in [-0.05, 0) is 25.0 Å². The number of hydrogen-bond acceptors (Lipinski definition) is 4. The molecule has 64 valence electrons. The second-order valence-electron chi connectivity index (χ2n) is 2.04. The minimum absolute atomic E-state index is 0.142. The van der Waals surface area contributed by atoms with Crippen LogP contribution in [0, 0.1) is 0 Å². The molecule has 0 atom stereocenters. The monoisotopic (exact) mass is 184 g/mol. The molecule has 0 fully saturated rings. The molecule has 0 bridgehead atoms. The first-order chi connectivity index (χ1) is 5.84. The van der Waals surface area contributed by atoms with Gasteiger partial charge in [-0.2, -0.15) is 0 Å². The van der Waals surface area contributed by atoms with Gasteiger partial charge in [0.05, 0.1) is 5.56 Å². The van der Waals surface area contributed by atoms with Crippen molar-refractivity contribution in [3.8, 4) is 0 Å². The number of hydrogen-bond donors (Lipinski definition) is 1. The van der Waals surface area contributed by atoms with Gasteiger partial charge in [-0.25, -0.2) is 4.79 Å². The quantitative estimate of drug-likeness (QED) is 0.336. The number of carbonyl (C=O) groups is 1. The van der Waals surface area contributed by atoms with Crippen molar-refractivity contribution in [3.05, 3.63) is 35.9 Å². The van der Waals surface area contributed by atoms with Gasteiger partial charge in [0.2, 0.25) is 6.79 Å². The van der Waals surface area contributed by atoms with Crippen molar-refractivity contribution in [1.29, 1.82) is 0 Å². The van der Waals surface area contributed by atoms with Gasteiger partial charge in [0.1, 0.15) is 0 Å². The lowest BCUT2D eigenvalue weighted by Crippen LogP contribution is -2.05. The fourth-order valence-corrected chi connectivity index (χ4v) is 0.790. The molecule has 4 heteroatoms. The Morgan fingerprint density at radius 3 is 2.58 bits per heavy atom. The summed E-state index contributed by atoms with van der Waals surface area (Å²) >= 11 is 3.43. The Balaban J connectivity index is 2.54. The van der Waals surface area contributed by atoms with Gasteiger partial charge >= 0.3 is 5.97 Å². The van der Waals surface area contributed by atoms with Gasteiger partial charge in [-0.1, -0.05) is 18.2 Å². The third kappa shape index (κ3) is 2.56. The average Bonchev–Trinajstić information content (AvgIpc) is 2.15. The maximum atomic E-state index is 11.1. The van der Waals surface area contributed by atoms with Gasteiger partial charge in [-0.3, -0.25) is 4.18 Å². The fourth-order valence-electron chi connectivity index (χ4n) is 0.737. The molecule has 0 aromatic heterocycles. The van der Waals surface area contributed by atoms with E-state index in [4.69, 9.17) is 0 Å². The first-order valence-corrected chi connectivity index (χ1v) is 3.69. The zero-order valence-electron chi connectivity index (χ0n) is 6.27. The van der Waals surface area contributed by atoms with E-state index in [1.807, 2.05) is 6.07 Å². The lowest BCUT2D eigenvalue weighted by molar-refractivity contribution is 0.0219. The van der Waals surface area contributed by atoms with E-state index in [9.17, 15) is 4.79 Å². The molecule has 0 saturated carbocycles. The summed E-state index contributed by atoms with van der Waals surface area (Å²) in [5.41, 5.74) is 0.503. The number of benzene rings is 1. The average molecular weight is 184 g/mol. The minimum atomic E-state index is -0.412. The highest BCUT2D eigenvalue weighted by Gasteiger charge is 2.03. The molecule has 0 saturated heterocycles. The molecule has 0 aliphatic heterocycles. The molecule has 0 aliphatic carbocycles. The van der Waals surface area contributed by atoms with E-state index in [1.165, 1.54) is 0 Å². The normalized spacial score (nSPS) is 9.42. The molecular weight excluding hydrogens is 176 g/mol. The summed E-state index contributed by atoms with van der Waals surface area (Å²) in [6.45, 7) is -0.142. The highest BCUT2D eigenvalue weighted by molar-refractivity contribution is 7.75. The van der Waals surface area contributed by atoms with Crippen LogP contribution in [-0.2, 0) is 8.92 Å². The van der Waals surface area contributed by atoms with E-state index in [2.05, 4.69) is 21.8 Å². The maximum absolute atomic E-state index is 11.1. The van der Waals surface area contributed by atoms with Crippen molar-refractivity contribution < 1.29 is 13.7 Å². The Kier molecular flexibility index (Phi) is 3.63. The number of carbonyl (C=O) groups excluding carboxylic acids is 1. The molecule has 1 aromatic rings. The predicted molar refractivity (Wildman–Crippen MR) is 46.8 cm³/mol. The number of rotatable bonds is 3. The van der Waals surface area contributed by atoms with Crippen molar-refractivity contribution in [2.75, 3.05) is 6.79 Å². The van der Waals surface area contributed by atoms with Crippen LogP contribution in [0.3, 0.4) is 0 Å². The lowest BCUT2D eigenvalue weighted by atomic mass is 10.2. The second kappa shape index (κ2) is 4.79. The van der Waals surface area contributed by atoms with E-state index in [0.717, 1.165) is 0 Å².